The topological polar surface area (TPSA) is 61.1 Å². The first-order valence-electron chi connectivity index (χ1n) is 8.72. The average Bonchev–Trinajstić information content (AvgIpc) is 2.66. The Kier molecular flexibility index (Phi) is 4.74. The minimum Gasteiger partial charge on any atom is -0.389 e. The number of nitriles is 1. The maximum absolute atomic E-state index is 11.8. The summed E-state index contributed by atoms with van der Waals surface area (Å²) in [7, 11) is 0. The second kappa shape index (κ2) is 6.82. The van der Waals surface area contributed by atoms with E-state index in [2.05, 4.69) is 36.4 Å². The first kappa shape index (κ1) is 17.4. The van der Waals surface area contributed by atoms with Crippen molar-refractivity contribution >= 4 is 5.78 Å². The van der Waals surface area contributed by atoms with Gasteiger partial charge < -0.3 is 5.11 Å². The fourth-order valence-corrected chi connectivity index (χ4v) is 3.48. The predicted octanol–water partition coefficient (Wildman–Crippen LogP) is 3.82. The molecule has 0 amide bonds. The largest absolute Gasteiger partial charge is 0.389 e. The van der Waals surface area contributed by atoms with Crippen LogP contribution in [0.1, 0.15) is 37.0 Å². The van der Waals surface area contributed by atoms with E-state index in [0.29, 0.717) is 6.42 Å². The van der Waals surface area contributed by atoms with Gasteiger partial charge in [-0.25, -0.2) is 0 Å². The molecule has 3 nitrogen and oxygen atoms in total. The highest BCUT2D eigenvalue weighted by Crippen LogP contribution is 2.31. The molecule has 0 radical (unpaired) electrons. The normalized spacial score (nSPS) is 16.8. The van der Waals surface area contributed by atoms with Crippen molar-refractivity contribution in [3.63, 3.8) is 0 Å². The van der Waals surface area contributed by atoms with Gasteiger partial charge in [0.15, 0.2) is 5.78 Å². The molecule has 0 aliphatic heterocycles. The Morgan fingerprint density at radius 2 is 1.84 bits per heavy atom. The van der Waals surface area contributed by atoms with Gasteiger partial charge >= 0.3 is 0 Å². The van der Waals surface area contributed by atoms with Crippen molar-refractivity contribution in [3.05, 3.63) is 59.2 Å². The molecule has 128 valence electrons. The lowest BCUT2D eigenvalue weighted by atomic mass is 9.80. The fraction of sp³-hybridized carbons (Fsp3) is 0.364. The summed E-state index contributed by atoms with van der Waals surface area (Å²) in [5.41, 5.74) is 5.25. The molecule has 1 aliphatic carbocycles. The number of rotatable bonds is 4. The quantitative estimate of drug-likeness (QED) is 0.925. The third kappa shape index (κ3) is 3.50. The molecule has 0 spiro atoms. The number of aryl methyl sites for hydroxylation is 1. The lowest BCUT2D eigenvalue weighted by Crippen LogP contribution is -2.24. The van der Waals surface area contributed by atoms with Gasteiger partial charge in [-0.15, -0.1) is 0 Å². The number of nitrogens with zero attached hydrogens (tertiary/aromatic N) is 1. The highest BCUT2D eigenvalue weighted by Gasteiger charge is 2.24. The van der Waals surface area contributed by atoms with E-state index < -0.39 is 5.41 Å². The molecular formula is C22H23NO2. The summed E-state index contributed by atoms with van der Waals surface area (Å²) in [5.74, 6) is -0.120. The number of carbonyl (C=O) groups is 1. The first-order chi connectivity index (χ1) is 11.9. The van der Waals surface area contributed by atoms with Gasteiger partial charge in [0.2, 0.25) is 0 Å². The average molecular weight is 333 g/mol. The van der Waals surface area contributed by atoms with E-state index in [1.807, 2.05) is 26.0 Å². The number of benzene rings is 2. The van der Waals surface area contributed by atoms with Crippen molar-refractivity contribution in [2.24, 2.45) is 5.92 Å². The number of carbonyl (C=O) groups excluding carboxylic acids is 1. The summed E-state index contributed by atoms with van der Waals surface area (Å²) in [6.45, 7) is 3.47. The molecule has 25 heavy (non-hydrogen) atoms. The van der Waals surface area contributed by atoms with Gasteiger partial charge in [0.25, 0.3) is 0 Å². The number of aliphatic hydroxyl groups is 1. The SMILES string of the molecule is CC(C)(C#N)c1ccc(-c2ccc3c(c2)CC(C(=O)CO)CC3)cc1. The number of fused-ring (bicyclic) bond motifs is 1. The number of ketones is 1. The van der Waals surface area contributed by atoms with Crippen LogP contribution in [0.2, 0.25) is 0 Å². The van der Waals surface area contributed by atoms with E-state index in [4.69, 9.17) is 5.11 Å². The van der Waals surface area contributed by atoms with Crippen LogP contribution in [-0.2, 0) is 23.1 Å². The number of hydrogen-bond donors (Lipinski definition) is 1. The Labute approximate surface area is 148 Å². The van der Waals surface area contributed by atoms with Crippen LogP contribution < -0.4 is 0 Å². The van der Waals surface area contributed by atoms with Crippen LogP contribution in [-0.4, -0.2) is 17.5 Å². The molecule has 1 N–H and O–H groups in total. The second-order valence-corrected chi connectivity index (χ2v) is 7.36. The van der Waals surface area contributed by atoms with Gasteiger partial charge in [0.1, 0.15) is 6.61 Å². The molecule has 0 saturated heterocycles. The molecule has 0 fully saturated rings. The highest BCUT2D eigenvalue weighted by molar-refractivity contribution is 5.82. The zero-order valence-corrected chi connectivity index (χ0v) is 14.7. The maximum Gasteiger partial charge on any atom is 0.161 e. The summed E-state index contributed by atoms with van der Waals surface area (Å²) >= 11 is 0. The Morgan fingerprint density at radius 3 is 2.48 bits per heavy atom. The monoisotopic (exact) mass is 333 g/mol. The van der Waals surface area contributed by atoms with E-state index in [-0.39, 0.29) is 18.3 Å². The van der Waals surface area contributed by atoms with Gasteiger partial charge in [-0.05, 0) is 60.9 Å². The van der Waals surface area contributed by atoms with Crippen LogP contribution >= 0.6 is 0 Å². The molecule has 2 aromatic rings. The summed E-state index contributed by atoms with van der Waals surface area (Å²) in [6, 6.07) is 16.9. The van der Waals surface area contributed by atoms with E-state index in [1.165, 1.54) is 11.1 Å². The van der Waals surface area contributed by atoms with E-state index >= 15 is 0 Å². The number of hydrogen-bond acceptors (Lipinski definition) is 3. The summed E-state index contributed by atoms with van der Waals surface area (Å²) in [4.78, 5) is 11.8. The Bertz CT molecular complexity index is 828. The van der Waals surface area contributed by atoms with Crippen molar-refractivity contribution in [1.29, 1.82) is 5.26 Å². The molecule has 3 heteroatoms. The first-order valence-corrected chi connectivity index (χ1v) is 8.72. The lowest BCUT2D eigenvalue weighted by Gasteiger charge is -2.24. The Hall–Kier alpha value is -2.44. The van der Waals surface area contributed by atoms with Crippen LogP contribution in [0, 0.1) is 17.2 Å². The van der Waals surface area contributed by atoms with Crippen LogP contribution in [0.4, 0.5) is 0 Å². The van der Waals surface area contributed by atoms with E-state index in [1.54, 1.807) is 0 Å². The summed E-state index contributed by atoms with van der Waals surface area (Å²) < 4.78 is 0. The van der Waals surface area contributed by atoms with Crippen molar-refractivity contribution in [3.8, 4) is 17.2 Å². The van der Waals surface area contributed by atoms with Gasteiger partial charge in [-0.3, -0.25) is 4.79 Å². The fourth-order valence-electron chi connectivity index (χ4n) is 3.48. The summed E-state index contributed by atoms with van der Waals surface area (Å²) in [6.07, 6.45) is 2.42. The van der Waals surface area contributed by atoms with Crippen LogP contribution in [0.5, 0.6) is 0 Å². The van der Waals surface area contributed by atoms with Crippen LogP contribution in [0.15, 0.2) is 42.5 Å². The van der Waals surface area contributed by atoms with Crippen LogP contribution in [0.3, 0.4) is 0 Å². The minimum absolute atomic E-state index is 0.0564. The molecule has 0 saturated carbocycles. The van der Waals surface area contributed by atoms with Crippen molar-refractivity contribution in [1.82, 2.24) is 0 Å². The molecule has 0 aromatic heterocycles. The predicted molar refractivity (Wildman–Crippen MR) is 98.1 cm³/mol. The van der Waals surface area contributed by atoms with Crippen LogP contribution in [0.25, 0.3) is 11.1 Å². The zero-order chi connectivity index (χ0) is 18.0. The molecule has 1 aliphatic rings. The highest BCUT2D eigenvalue weighted by atomic mass is 16.3. The van der Waals surface area contributed by atoms with E-state index in [9.17, 15) is 10.1 Å². The third-order valence-corrected chi connectivity index (χ3v) is 5.27. The second-order valence-electron chi connectivity index (χ2n) is 7.36. The standard InChI is InChI=1S/C22H23NO2/c1-22(2,14-23)20-9-7-15(8-10-20)17-5-3-16-4-6-18(21(25)13-24)12-19(16)11-17/h3,5,7-11,18,24H,4,6,12-13H2,1-2H3. The maximum atomic E-state index is 11.8. The lowest BCUT2D eigenvalue weighted by molar-refractivity contribution is -0.125. The molecule has 1 unspecified atom stereocenters. The zero-order valence-electron chi connectivity index (χ0n) is 14.7. The third-order valence-electron chi connectivity index (χ3n) is 5.27. The van der Waals surface area contributed by atoms with E-state index in [0.717, 1.165) is 29.5 Å². The number of Topliss-reactive ketones (excluding diaryl/α,β-unsaturated/α-hetero) is 1. The van der Waals surface area contributed by atoms with Gasteiger partial charge in [0.05, 0.1) is 11.5 Å². The molecule has 1 atom stereocenters. The van der Waals surface area contributed by atoms with Gasteiger partial charge in [0, 0.05) is 5.92 Å². The minimum atomic E-state index is -0.494. The Balaban J connectivity index is 1.88. The molecular weight excluding hydrogens is 310 g/mol. The van der Waals surface area contributed by atoms with Crippen molar-refractivity contribution in [2.45, 2.75) is 38.5 Å². The Morgan fingerprint density at radius 1 is 1.16 bits per heavy atom. The molecule has 0 bridgehead atoms. The van der Waals surface area contributed by atoms with Crippen molar-refractivity contribution < 1.29 is 9.90 Å². The molecule has 3 rings (SSSR count). The molecule has 2 aromatic carbocycles. The van der Waals surface area contributed by atoms with Gasteiger partial charge in [-0.2, -0.15) is 5.26 Å². The summed E-state index contributed by atoms with van der Waals surface area (Å²) in [5, 5.41) is 18.4. The van der Waals surface area contributed by atoms with Crippen molar-refractivity contribution in [2.75, 3.05) is 6.61 Å². The smallest absolute Gasteiger partial charge is 0.161 e. The molecule has 0 heterocycles. The van der Waals surface area contributed by atoms with Gasteiger partial charge in [-0.1, -0.05) is 42.5 Å². The number of aliphatic hydroxyl groups excluding tert-OH is 1.